The molecular formula is C10H13NS. The van der Waals surface area contributed by atoms with Gasteiger partial charge in [0.1, 0.15) is 0 Å². The third kappa shape index (κ3) is 1.31. The van der Waals surface area contributed by atoms with E-state index in [4.69, 9.17) is 0 Å². The molecule has 0 bridgehead atoms. The van der Waals surface area contributed by atoms with Gasteiger partial charge in [0.25, 0.3) is 0 Å². The van der Waals surface area contributed by atoms with Gasteiger partial charge in [0.2, 0.25) is 0 Å². The molecule has 0 aliphatic carbocycles. The highest BCUT2D eigenvalue weighted by atomic mass is 32.2. The van der Waals surface area contributed by atoms with Gasteiger partial charge < -0.3 is 4.72 Å². The van der Waals surface area contributed by atoms with Gasteiger partial charge in [-0.2, -0.15) is 0 Å². The third-order valence-corrected chi connectivity index (χ3v) is 3.28. The van der Waals surface area contributed by atoms with Gasteiger partial charge in [-0.25, -0.2) is 0 Å². The van der Waals surface area contributed by atoms with Gasteiger partial charge in [-0.3, -0.25) is 0 Å². The van der Waals surface area contributed by atoms with Gasteiger partial charge in [0.15, 0.2) is 0 Å². The average molecular weight is 179 g/mol. The van der Waals surface area contributed by atoms with E-state index >= 15 is 0 Å². The molecule has 0 aromatic heterocycles. The first kappa shape index (κ1) is 7.99. The Morgan fingerprint density at radius 2 is 2.33 bits per heavy atom. The molecule has 2 heteroatoms. The Morgan fingerprint density at radius 3 is 3.17 bits per heavy atom. The Kier molecular flexibility index (Phi) is 2.01. The summed E-state index contributed by atoms with van der Waals surface area (Å²) in [7, 11) is 0. The van der Waals surface area contributed by atoms with Crippen LogP contribution in [0.3, 0.4) is 0 Å². The van der Waals surface area contributed by atoms with Crippen LogP contribution in [-0.2, 0) is 0 Å². The molecule has 1 aliphatic rings. The molecule has 0 saturated carbocycles. The van der Waals surface area contributed by atoms with E-state index in [-0.39, 0.29) is 0 Å². The molecule has 64 valence electrons. The van der Waals surface area contributed by atoms with Crippen molar-refractivity contribution in [2.75, 3.05) is 10.5 Å². The monoisotopic (exact) mass is 179 g/mol. The smallest absolute Gasteiger partial charge is 0.0475 e. The molecule has 0 spiro atoms. The van der Waals surface area contributed by atoms with Crippen LogP contribution in [-0.4, -0.2) is 5.75 Å². The number of hydrogen-bond donors (Lipinski definition) is 1. The van der Waals surface area contributed by atoms with E-state index < -0.39 is 0 Å². The average Bonchev–Trinajstić information content (AvgIpc) is 2.07. The maximum atomic E-state index is 3.34. The van der Waals surface area contributed by atoms with Crippen molar-refractivity contribution in [2.24, 2.45) is 0 Å². The van der Waals surface area contributed by atoms with Crippen LogP contribution >= 0.6 is 11.9 Å². The van der Waals surface area contributed by atoms with Crippen molar-refractivity contribution in [3.63, 3.8) is 0 Å². The molecule has 1 N–H and O–H groups in total. The topological polar surface area (TPSA) is 12.0 Å². The van der Waals surface area contributed by atoms with E-state index in [0.717, 1.165) is 0 Å². The van der Waals surface area contributed by atoms with Crippen LogP contribution in [0, 0.1) is 6.92 Å². The van der Waals surface area contributed by atoms with E-state index in [0.29, 0.717) is 5.92 Å². The molecule has 0 fully saturated rings. The van der Waals surface area contributed by atoms with Gasteiger partial charge in [-0.15, -0.1) is 0 Å². The molecule has 1 aromatic carbocycles. The van der Waals surface area contributed by atoms with Crippen LogP contribution in [0.25, 0.3) is 0 Å². The van der Waals surface area contributed by atoms with Crippen LogP contribution in [0.2, 0.25) is 0 Å². The zero-order valence-corrected chi connectivity index (χ0v) is 8.24. The molecule has 1 aromatic rings. The van der Waals surface area contributed by atoms with E-state index in [2.05, 4.69) is 36.8 Å². The first-order valence-corrected chi connectivity index (χ1v) is 5.24. The van der Waals surface area contributed by atoms with Crippen molar-refractivity contribution >= 4 is 17.6 Å². The number of anilines is 1. The summed E-state index contributed by atoms with van der Waals surface area (Å²) >= 11 is 1.80. The predicted octanol–water partition coefficient (Wildman–Crippen LogP) is 3.17. The fourth-order valence-electron chi connectivity index (χ4n) is 1.52. The fourth-order valence-corrected chi connectivity index (χ4v) is 2.37. The molecule has 0 saturated heterocycles. The van der Waals surface area contributed by atoms with Crippen LogP contribution < -0.4 is 4.72 Å². The lowest BCUT2D eigenvalue weighted by Gasteiger charge is -2.23. The fraction of sp³-hybridized carbons (Fsp3) is 0.400. The van der Waals surface area contributed by atoms with Crippen molar-refractivity contribution in [3.8, 4) is 0 Å². The number of hydrogen-bond acceptors (Lipinski definition) is 2. The highest BCUT2D eigenvalue weighted by Crippen LogP contribution is 2.34. The number of aryl methyl sites for hydroxylation is 1. The van der Waals surface area contributed by atoms with Crippen molar-refractivity contribution in [3.05, 3.63) is 29.3 Å². The Bertz CT molecular complexity index is 296. The zero-order chi connectivity index (χ0) is 8.55. The minimum Gasteiger partial charge on any atom is -0.329 e. The maximum Gasteiger partial charge on any atom is 0.0475 e. The van der Waals surface area contributed by atoms with Crippen molar-refractivity contribution in [1.29, 1.82) is 0 Å². The lowest BCUT2D eigenvalue weighted by atomic mass is 9.99. The van der Waals surface area contributed by atoms with Crippen LogP contribution in [0.4, 0.5) is 5.69 Å². The lowest BCUT2D eigenvalue weighted by Crippen LogP contribution is -2.09. The van der Waals surface area contributed by atoms with Gasteiger partial charge in [0.05, 0.1) is 0 Å². The summed E-state index contributed by atoms with van der Waals surface area (Å²) in [5, 5.41) is 0. The first-order valence-electron chi connectivity index (χ1n) is 4.26. The minimum atomic E-state index is 0.686. The van der Waals surface area contributed by atoms with E-state index in [9.17, 15) is 0 Å². The second-order valence-corrected chi connectivity index (χ2v) is 4.23. The lowest BCUT2D eigenvalue weighted by molar-refractivity contribution is 0.876. The SMILES string of the molecule is Cc1ccc2c(c1)C(C)CSN2. The van der Waals surface area contributed by atoms with Gasteiger partial charge in [0, 0.05) is 11.4 Å². The maximum absolute atomic E-state index is 3.34. The van der Waals surface area contributed by atoms with E-state index in [1.54, 1.807) is 11.9 Å². The summed E-state index contributed by atoms with van der Waals surface area (Å²) in [6.07, 6.45) is 0. The zero-order valence-electron chi connectivity index (χ0n) is 7.42. The Morgan fingerprint density at radius 1 is 1.50 bits per heavy atom. The third-order valence-electron chi connectivity index (χ3n) is 2.25. The summed E-state index contributed by atoms with van der Waals surface area (Å²) in [6, 6.07) is 6.62. The molecule has 12 heavy (non-hydrogen) atoms. The highest BCUT2D eigenvalue weighted by Gasteiger charge is 2.15. The molecule has 0 radical (unpaired) electrons. The van der Waals surface area contributed by atoms with Crippen molar-refractivity contribution in [2.45, 2.75) is 19.8 Å². The Labute approximate surface area is 77.7 Å². The molecular weight excluding hydrogens is 166 g/mol. The largest absolute Gasteiger partial charge is 0.329 e. The Hall–Kier alpha value is -0.630. The van der Waals surface area contributed by atoms with Gasteiger partial charge >= 0.3 is 0 Å². The van der Waals surface area contributed by atoms with Crippen LogP contribution in [0.5, 0.6) is 0 Å². The number of rotatable bonds is 0. The highest BCUT2D eigenvalue weighted by molar-refractivity contribution is 8.00. The molecule has 1 atom stereocenters. The number of fused-ring (bicyclic) bond motifs is 1. The summed E-state index contributed by atoms with van der Waals surface area (Å²) in [5.41, 5.74) is 4.12. The van der Waals surface area contributed by atoms with Crippen molar-refractivity contribution < 1.29 is 0 Å². The standard InChI is InChI=1S/C10H13NS/c1-7-3-4-10-9(5-7)8(2)6-12-11-10/h3-5,8,11H,6H2,1-2H3. The Balaban J connectivity index is 2.47. The van der Waals surface area contributed by atoms with Gasteiger partial charge in [-0.05, 0) is 24.5 Å². The van der Waals surface area contributed by atoms with E-state index in [1.165, 1.54) is 22.6 Å². The molecule has 1 unspecified atom stereocenters. The quantitative estimate of drug-likeness (QED) is 0.614. The van der Waals surface area contributed by atoms with E-state index in [1.807, 2.05) is 0 Å². The second-order valence-electron chi connectivity index (χ2n) is 3.40. The molecule has 1 nitrogen and oxygen atoms in total. The summed E-state index contributed by atoms with van der Waals surface area (Å²) in [5.74, 6) is 1.86. The van der Waals surface area contributed by atoms with Crippen LogP contribution in [0.15, 0.2) is 18.2 Å². The number of nitrogens with one attached hydrogen (secondary N) is 1. The van der Waals surface area contributed by atoms with Crippen LogP contribution in [0.1, 0.15) is 24.0 Å². The number of benzene rings is 1. The molecule has 1 aliphatic heterocycles. The first-order chi connectivity index (χ1) is 5.77. The van der Waals surface area contributed by atoms with Crippen molar-refractivity contribution in [1.82, 2.24) is 0 Å². The van der Waals surface area contributed by atoms with Gasteiger partial charge in [-0.1, -0.05) is 36.6 Å². The second kappa shape index (κ2) is 3.02. The summed E-state index contributed by atoms with van der Waals surface area (Å²) in [6.45, 7) is 4.43. The normalized spacial score (nSPS) is 21.3. The summed E-state index contributed by atoms with van der Waals surface area (Å²) in [4.78, 5) is 0. The summed E-state index contributed by atoms with van der Waals surface area (Å²) < 4.78 is 3.34. The molecule has 1 heterocycles. The molecule has 0 amide bonds. The minimum absolute atomic E-state index is 0.686. The predicted molar refractivity (Wildman–Crippen MR) is 55.7 cm³/mol. The molecule has 2 rings (SSSR count).